The van der Waals surface area contributed by atoms with Crippen LogP contribution in [-0.2, 0) is 9.59 Å². The molecule has 0 fully saturated rings. The fourth-order valence-electron chi connectivity index (χ4n) is 1.56. The molecule has 0 bridgehead atoms. The van der Waals surface area contributed by atoms with Crippen molar-refractivity contribution in [3.05, 3.63) is 0 Å². The van der Waals surface area contributed by atoms with Crippen molar-refractivity contribution < 1.29 is 14.7 Å². The molecular weight excluding hydrogens is 194 g/mol. The summed E-state index contributed by atoms with van der Waals surface area (Å²) >= 11 is 0. The molecule has 0 rings (SSSR count). The molecule has 15 heavy (non-hydrogen) atoms. The summed E-state index contributed by atoms with van der Waals surface area (Å²) in [4.78, 5) is 23.2. The van der Waals surface area contributed by atoms with E-state index in [1.807, 2.05) is 0 Å². The number of carbonyl (C=O) groups excluding carboxylic acids is 1. The zero-order chi connectivity index (χ0) is 11.7. The first kappa shape index (κ1) is 14.1. The van der Waals surface area contributed by atoms with E-state index in [0.717, 1.165) is 26.1 Å². The SMILES string of the molecule is CCN(CC)CCCC(CC=O)C(=O)O. The van der Waals surface area contributed by atoms with Crippen LogP contribution in [0.1, 0.15) is 33.1 Å². The maximum atomic E-state index is 10.7. The molecule has 1 N–H and O–H groups in total. The molecule has 0 aliphatic carbocycles. The van der Waals surface area contributed by atoms with E-state index in [2.05, 4.69) is 18.7 Å². The summed E-state index contributed by atoms with van der Waals surface area (Å²) in [5.41, 5.74) is 0. The van der Waals surface area contributed by atoms with Crippen LogP contribution in [0.15, 0.2) is 0 Å². The van der Waals surface area contributed by atoms with Crippen LogP contribution < -0.4 is 0 Å². The Morgan fingerprint density at radius 3 is 2.40 bits per heavy atom. The van der Waals surface area contributed by atoms with E-state index >= 15 is 0 Å². The summed E-state index contributed by atoms with van der Waals surface area (Å²) in [6, 6.07) is 0. The fraction of sp³-hybridized carbons (Fsp3) is 0.818. The first-order chi connectivity index (χ1) is 7.15. The van der Waals surface area contributed by atoms with Crippen molar-refractivity contribution in [2.24, 2.45) is 5.92 Å². The predicted octanol–water partition coefficient (Wildman–Crippen LogP) is 1.40. The molecule has 4 nitrogen and oxygen atoms in total. The Morgan fingerprint density at radius 2 is 2.00 bits per heavy atom. The molecule has 0 amide bonds. The van der Waals surface area contributed by atoms with Gasteiger partial charge in [0.2, 0.25) is 0 Å². The maximum absolute atomic E-state index is 10.7. The Hall–Kier alpha value is -0.900. The van der Waals surface area contributed by atoms with E-state index in [1.165, 1.54) is 0 Å². The van der Waals surface area contributed by atoms with E-state index in [0.29, 0.717) is 12.7 Å². The number of aldehydes is 1. The maximum Gasteiger partial charge on any atom is 0.306 e. The summed E-state index contributed by atoms with van der Waals surface area (Å²) in [5, 5.41) is 8.81. The van der Waals surface area contributed by atoms with Crippen molar-refractivity contribution in [2.75, 3.05) is 19.6 Å². The lowest BCUT2D eigenvalue weighted by Crippen LogP contribution is -2.25. The van der Waals surface area contributed by atoms with Gasteiger partial charge in [-0.3, -0.25) is 4.79 Å². The lowest BCUT2D eigenvalue weighted by atomic mass is 10.0. The van der Waals surface area contributed by atoms with E-state index in [1.54, 1.807) is 0 Å². The molecule has 0 aromatic heterocycles. The van der Waals surface area contributed by atoms with Crippen LogP contribution in [0.25, 0.3) is 0 Å². The first-order valence-electron chi connectivity index (χ1n) is 5.54. The molecule has 1 atom stereocenters. The lowest BCUT2D eigenvalue weighted by Gasteiger charge is -2.18. The Balaban J connectivity index is 3.79. The smallest absolute Gasteiger partial charge is 0.306 e. The van der Waals surface area contributed by atoms with E-state index in [4.69, 9.17) is 5.11 Å². The van der Waals surface area contributed by atoms with Gasteiger partial charge in [-0.25, -0.2) is 0 Å². The van der Waals surface area contributed by atoms with Gasteiger partial charge in [-0.05, 0) is 32.5 Å². The monoisotopic (exact) mass is 215 g/mol. The van der Waals surface area contributed by atoms with Gasteiger partial charge >= 0.3 is 5.97 Å². The third-order valence-corrected chi connectivity index (χ3v) is 2.65. The minimum absolute atomic E-state index is 0.133. The summed E-state index contributed by atoms with van der Waals surface area (Å²) in [5.74, 6) is -1.36. The predicted molar refractivity (Wildman–Crippen MR) is 58.8 cm³/mol. The highest BCUT2D eigenvalue weighted by atomic mass is 16.4. The first-order valence-corrected chi connectivity index (χ1v) is 5.54. The van der Waals surface area contributed by atoms with Gasteiger partial charge in [-0.1, -0.05) is 13.8 Å². The second kappa shape index (κ2) is 8.41. The van der Waals surface area contributed by atoms with Crippen LogP contribution in [0.4, 0.5) is 0 Å². The molecule has 0 radical (unpaired) electrons. The fourth-order valence-corrected chi connectivity index (χ4v) is 1.56. The minimum atomic E-state index is -0.860. The number of carbonyl (C=O) groups is 2. The number of hydrogen-bond donors (Lipinski definition) is 1. The highest BCUT2D eigenvalue weighted by Crippen LogP contribution is 2.10. The molecule has 0 saturated carbocycles. The largest absolute Gasteiger partial charge is 0.481 e. The number of nitrogens with zero attached hydrogens (tertiary/aromatic N) is 1. The second-order valence-corrected chi connectivity index (χ2v) is 3.61. The van der Waals surface area contributed by atoms with Crippen molar-refractivity contribution in [2.45, 2.75) is 33.1 Å². The van der Waals surface area contributed by atoms with Gasteiger partial charge in [0.15, 0.2) is 0 Å². The van der Waals surface area contributed by atoms with Crippen LogP contribution in [0, 0.1) is 5.92 Å². The third-order valence-electron chi connectivity index (χ3n) is 2.65. The van der Waals surface area contributed by atoms with Gasteiger partial charge in [-0.2, -0.15) is 0 Å². The van der Waals surface area contributed by atoms with Crippen molar-refractivity contribution in [3.8, 4) is 0 Å². The van der Waals surface area contributed by atoms with Crippen molar-refractivity contribution in [3.63, 3.8) is 0 Å². The molecule has 0 aliphatic rings. The molecule has 0 heterocycles. The van der Waals surface area contributed by atoms with Crippen LogP contribution in [-0.4, -0.2) is 41.9 Å². The quantitative estimate of drug-likeness (QED) is 0.591. The Bertz CT molecular complexity index is 190. The van der Waals surface area contributed by atoms with Crippen LogP contribution in [0.2, 0.25) is 0 Å². The average Bonchev–Trinajstić information content (AvgIpc) is 2.22. The molecule has 0 aromatic rings. The molecule has 0 aliphatic heterocycles. The van der Waals surface area contributed by atoms with Gasteiger partial charge in [0, 0.05) is 6.42 Å². The van der Waals surface area contributed by atoms with E-state index < -0.39 is 11.9 Å². The summed E-state index contributed by atoms with van der Waals surface area (Å²) in [6.07, 6.45) is 2.25. The Kier molecular flexibility index (Phi) is 7.91. The highest BCUT2D eigenvalue weighted by Gasteiger charge is 2.16. The normalized spacial score (nSPS) is 12.7. The van der Waals surface area contributed by atoms with Crippen molar-refractivity contribution in [1.29, 1.82) is 0 Å². The molecule has 1 unspecified atom stereocenters. The molecule has 88 valence electrons. The van der Waals surface area contributed by atoms with Gasteiger partial charge in [0.05, 0.1) is 5.92 Å². The minimum Gasteiger partial charge on any atom is -0.481 e. The van der Waals surface area contributed by atoms with E-state index in [9.17, 15) is 9.59 Å². The number of aliphatic carboxylic acids is 1. The summed E-state index contributed by atoms with van der Waals surface area (Å²) in [6.45, 7) is 7.06. The highest BCUT2D eigenvalue weighted by molar-refractivity contribution is 5.73. The van der Waals surface area contributed by atoms with Gasteiger partial charge in [0.25, 0.3) is 0 Å². The molecule has 0 aromatic carbocycles. The number of carboxylic acids is 1. The van der Waals surface area contributed by atoms with E-state index in [-0.39, 0.29) is 6.42 Å². The van der Waals surface area contributed by atoms with Crippen molar-refractivity contribution in [1.82, 2.24) is 4.90 Å². The second-order valence-electron chi connectivity index (χ2n) is 3.61. The summed E-state index contributed by atoms with van der Waals surface area (Å²) < 4.78 is 0. The number of carboxylic acid groups (broad SMARTS) is 1. The van der Waals surface area contributed by atoms with Gasteiger partial charge in [0.1, 0.15) is 6.29 Å². The summed E-state index contributed by atoms with van der Waals surface area (Å²) in [7, 11) is 0. The molecule has 0 spiro atoms. The Labute approximate surface area is 91.3 Å². The lowest BCUT2D eigenvalue weighted by molar-refractivity contribution is -0.143. The average molecular weight is 215 g/mol. The van der Waals surface area contributed by atoms with Crippen LogP contribution >= 0.6 is 0 Å². The molecule has 0 saturated heterocycles. The zero-order valence-corrected chi connectivity index (χ0v) is 9.61. The number of hydrogen-bond acceptors (Lipinski definition) is 3. The standard InChI is InChI=1S/C11H21NO3/c1-3-12(4-2)8-5-6-10(7-9-13)11(14)15/h9-10H,3-8H2,1-2H3,(H,14,15). The van der Waals surface area contributed by atoms with Crippen molar-refractivity contribution >= 4 is 12.3 Å². The topological polar surface area (TPSA) is 57.6 Å². The zero-order valence-electron chi connectivity index (χ0n) is 9.61. The third kappa shape index (κ3) is 6.23. The van der Waals surface area contributed by atoms with Crippen LogP contribution in [0.5, 0.6) is 0 Å². The van der Waals surface area contributed by atoms with Crippen LogP contribution in [0.3, 0.4) is 0 Å². The molecule has 4 heteroatoms. The Morgan fingerprint density at radius 1 is 1.40 bits per heavy atom. The van der Waals surface area contributed by atoms with Gasteiger partial charge in [-0.15, -0.1) is 0 Å². The molecular formula is C11H21NO3. The number of rotatable bonds is 9. The van der Waals surface area contributed by atoms with Gasteiger partial charge < -0.3 is 14.8 Å².